The van der Waals surface area contributed by atoms with Crippen LogP contribution in [0.5, 0.6) is 0 Å². The monoisotopic (exact) mass is 385 g/mol. The lowest BCUT2D eigenvalue weighted by molar-refractivity contribution is 0.0600. The number of methoxy groups -OCH3 is 1. The maximum atomic E-state index is 12.7. The van der Waals surface area contributed by atoms with E-state index in [1.807, 2.05) is 6.92 Å². The minimum absolute atomic E-state index is 0.233. The summed E-state index contributed by atoms with van der Waals surface area (Å²) in [5.74, 6) is -1.12. The van der Waals surface area contributed by atoms with Crippen LogP contribution in [0.4, 0.5) is 5.69 Å². The van der Waals surface area contributed by atoms with Crippen LogP contribution in [0.25, 0.3) is 10.9 Å². The molecular formula is C19H16ClN3O4. The number of hydrogen-bond acceptors (Lipinski definition) is 5. The molecule has 1 N–H and O–H groups in total. The van der Waals surface area contributed by atoms with Gasteiger partial charge >= 0.3 is 5.97 Å². The first kappa shape index (κ1) is 18.6. The Bertz CT molecular complexity index is 1090. The molecule has 0 spiro atoms. The summed E-state index contributed by atoms with van der Waals surface area (Å²) < 4.78 is 6.20. The van der Waals surface area contributed by atoms with Gasteiger partial charge in [0.1, 0.15) is 0 Å². The molecule has 3 rings (SSSR count). The highest BCUT2D eigenvalue weighted by atomic mass is 35.5. The summed E-state index contributed by atoms with van der Waals surface area (Å²) in [6.45, 7) is 2.34. The Morgan fingerprint density at radius 3 is 2.52 bits per heavy atom. The fourth-order valence-corrected chi connectivity index (χ4v) is 2.82. The van der Waals surface area contributed by atoms with Gasteiger partial charge in [-0.25, -0.2) is 4.79 Å². The predicted octanol–water partition coefficient (Wildman–Crippen LogP) is 3.11. The average Bonchev–Trinajstić information content (AvgIpc) is 2.68. The van der Waals surface area contributed by atoms with Crippen molar-refractivity contribution in [1.29, 1.82) is 0 Å². The number of nitrogens with one attached hydrogen (secondary N) is 1. The van der Waals surface area contributed by atoms with Gasteiger partial charge in [-0.1, -0.05) is 11.6 Å². The van der Waals surface area contributed by atoms with E-state index in [0.29, 0.717) is 33.7 Å². The van der Waals surface area contributed by atoms with E-state index in [2.05, 4.69) is 15.2 Å². The van der Waals surface area contributed by atoms with Gasteiger partial charge in [-0.3, -0.25) is 14.3 Å². The van der Waals surface area contributed by atoms with Crippen LogP contribution in [0, 0.1) is 0 Å². The second-order valence-electron chi connectivity index (χ2n) is 5.68. The van der Waals surface area contributed by atoms with Gasteiger partial charge in [0, 0.05) is 17.3 Å². The molecule has 0 aliphatic heterocycles. The number of anilines is 1. The van der Waals surface area contributed by atoms with Crippen LogP contribution in [0.1, 0.15) is 27.8 Å². The number of carbonyl (C=O) groups excluding carboxylic acids is 2. The number of fused-ring (bicyclic) bond motifs is 1. The second kappa shape index (κ2) is 7.59. The summed E-state index contributed by atoms with van der Waals surface area (Å²) in [7, 11) is 1.29. The summed E-state index contributed by atoms with van der Waals surface area (Å²) in [5.41, 5.74) is 0.640. The Hall–Kier alpha value is -3.19. The number of halogens is 1. The first-order valence-corrected chi connectivity index (χ1v) is 8.52. The van der Waals surface area contributed by atoms with Gasteiger partial charge in [0.25, 0.3) is 5.91 Å². The van der Waals surface area contributed by atoms with E-state index < -0.39 is 17.3 Å². The number of ether oxygens (including phenoxy) is 1. The van der Waals surface area contributed by atoms with Crippen molar-refractivity contribution >= 4 is 40.1 Å². The van der Waals surface area contributed by atoms with Crippen LogP contribution in [0.15, 0.2) is 47.3 Å². The molecule has 3 aromatic rings. The lowest BCUT2D eigenvalue weighted by Gasteiger charge is -2.11. The summed E-state index contributed by atoms with van der Waals surface area (Å²) in [6, 6.07) is 11.0. The number of nitrogens with zero attached hydrogens (tertiary/aromatic N) is 2. The molecule has 138 valence electrons. The molecular weight excluding hydrogens is 370 g/mol. The Morgan fingerprint density at radius 2 is 1.89 bits per heavy atom. The summed E-state index contributed by atoms with van der Waals surface area (Å²) in [5, 5.41) is 7.52. The van der Waals surface area contributed by atoms with Gasteiger partial charge in [0.2, 0.25) is 5.43 Å². The third-order valence-electron chi connectivity index (χ3n) is 4.00. The van der Waals surface area contributed by atoms with Crippen molar-refractivity contribution in [3.63, 3.8) is 0 Å². The van der Waals surface area contributed by atoms with Gasteiger partial charge in [-0.15, -0.1) is 0 Å². The maximum Gasteiger partial charge on any atom is 0.337 e. The zero-order valence-corrected chi connectivity index (χ0v) is 15.4. The molecule has 8 heteroatoms. The first-order chi connectivity index (χ1) is 12.9. The molecule has 0 saturated carbocycles. The molecule has 1 heterocycles. The van der Waals surface area contributed by atoms with Gasteiger partial charge in [0.15, 0.2) is 5.69 Å². The quantitative estimate of drug-likeness (QED) is 0.697. The molecule has 0 atom stereocenters. The molecule has 2 aromatic carbocycles. The molecule has 0 fully saturated rings. The Labute approximate surface area is 159 Å². The number of aromatic nitrogens is 2. The number of benzene rings is 2. The Morgan fingerprint density at radius 1 is 1.19 bits per heavy atom. The molecule has 7 nitrogen and oxygen atoms in total. The highest BCUT2D eigenvalue weighted by molar-refractivity contribution is 6.31. The molecule has 0 aliphatic carbocycles. The fourth-order valence-electron chi connectivity index (χ4n) is 2.65. The highest BCUT2D eigenvalue weighted by Crippen LogP contribution is 2.17. The number of amides is 1. The minimum Gasteiger partial charge on any atom is -0.465 e. The zero-order chi connectivity index (χ0) is 19.6. The van der Waals surface area contributed by atoms with Gasteiger partial charge < -0.3 is 10.1 Å². The lowest BCUT2D eigenvalue weighted by atomic mass is 10.1. The number of esters is 1. The largest absolute Gasteiger partial charge is 0.465 e. The van der Waals surface area contributed by atoms with E-state index in [0.717, 1.165) is 0 Å². The van der Waals surface area contributed by atoms with Gasteiger partial charge in [-0.2, -0.15) is 5.10 Å². The topological polar surface area (TPSA) is 90.3 Å². The first-order valence-electron chi connectivity index (χ1n) is 8.14. The van der Waals surface area contributed by atoms with Crippen molar-refractivity contribution in [1.82, 2.24) is 9.78 Å². The van der Waals surface area contributed by atoms with E-state index in [1.54, 1.807) is 28.9 Å². The SMILES string of the molecule is CCn1nc(C(=O)Nc2ccc(C(=O)OC)cc2)c(=O)c2cc(Cl)ccc21. The number of hydrogen-bond donors (Lipinski definition) is 1. The molecule has 27 heavy (non-hydrogen) atoms. The standard InChI is InChI=1S/C19H16ClN3O4/c1-3-23-15-9-6-12(20)10-14(15)17(24)16(22-23)18(25)21-13-7-4-11(5-8-13)19(26)27-2/h4-10H,3H2,1-2H3,(H,21,25). The van der Waals surface area contributed by atoms with E-state index >= 15 is 0 Å². The molecule has 1 aromatic heterocycles. The van der Waals surface area contributed by atoms with Crippen molar-refractivity contribution in [2.45, 2.75) is 13.5 Å². The summed E-state index contributed by atoms with van der Waals surface area (Å²) >= 11 is 5.99. The summed E-state index contributed by atoms with van der Waals surface area (Å²) in [4.78, 5) is 36.8. The van der Waals surface area contributed by atoms with E-state index in [-0.39, 0.29) is 5.69 Å². The van der Waals surface area contributed by atoms with Crippen molar-refractivity contribution in [2.24, 2.45) is 0 Å². The lowest BCUT2D eigenvalue weighted by Crippen LogP contribution is -2.27. The van der Waals surface area contributed by atoms with Crippen LogP contribution in [-0.2, 0) is 11.3 Å². The maximum absolute atomic E-state index is 12.7. The third-order valence-corrected chi connectivity index (χ3v) is 4.23. The van der Waals surface area contributed by atoms with E-state index in [1.165, 1.54) is 25.3 Å². The van der Waals surface area contributed by atoms with Crippen molar-refractivity contribution < 1.29 is 14.3 Å². The molecule has 0 unspecified atom stereocenters. The molecule has 0 bridgehead atoms. The number of carbonyl (C=O) groups is 2. The van der Waals surface area contributed by atoms with Crippen LogP contribution >= 0.6 is 11.6 Å². The molecule has 1 amide bonds. The predicted molar refractivity (Wildman–Crippen MR) is 102 cm³/mol. The molecule has 0 aliphatic rings. The van der Waals surface area contributed by atoms with Crippen LogP contribution in [0.3, 0.4) is 0 Å². The summed E-state index contributed by atoms with van der Waals surface area (Å²) in [6.07, 6.45) is 0. The number of rotatable bonds is 4. The van der Waals surface area contributed by atoms with Gasteiger partial charge in [0.05, 0.1) is 23.6 Å². The average molecular weight is 386 g/mol. The van der Waals surface area contributed by atoms with Crippen molar-refractivity contribution in [3.8, 4) is 0 Å². The fraction of sp³-hybridized carbons (Fsp3) is 0.158. The second-order valence-corrected chi connectivity index (χ2v) is 6.11. The van der Waals surface area contributed by atoms with E-state index in [9.17, 15) is 14.4 Å². The van der Waals surface area contributed by atoms with Crippen LogP contribution in [0.2, 0.25) is 5.02 Å². The minimum atomic E-state index is -0.644. The van der Waals surface area contributed by atoms with Crippen molar-refractivity contribution in [3.05, 3.63) is 69.0 Å². The highest BCUT2D eigenvalue weighted by Gasteiger charge is 2.18. The Balaban J connectivity index is 1.97. The third kappa shape index (κ3) is 3.68. The van der Waals surface area contributed by atoms with Crippen LogP contribution in [-0.4, -0.2) is 28.8 Å². The van der Waals surface area contributed by atoms with Crippen molar-refractivity contribution in [2.75, 3.05) is 12.4 Å². The normalized spacial score (nSPS) is 10.6. The zero-order valence-electron chi connectivity index (χ0n) is 14.7. The number of aryl methyl sites for hydroxylation is 1. The van der Waals surface area contributed by atoms with E-state index in [4.69, 9.17) is 11.6 Å². The smallest absolute Gasteiger partial charge is 0.337 e. The molecule has 0 saturated heterocycles. The Kier molecular flexibility index (Phi) is 5.23. The molecule has 0 radical (unpaired) electrons. The van der Waals surface area contributed by atoms with Gasteiger partial charge in [-0.05, 0) is 49.4 Å². The van der Waals surface area contributed by atoms with Crippen LogP contribution < -0.4 is 10.7 Å².